The lowest BCUT2D eigenvalue weighted by Gasteiger charge is -2.18. The number of anilines is 1. The number of rotatable bonds is 1. The van der Waals surface area contributed by atoms with Crippen LogP contribution >= 0.6 is 22.6 Å². The molecule has 102 valence electrons. The van der Waals surface area contributed by atoms with Crippen LogP contribution < -0.4 is 5.73 Å². The number of aromatic nitrogens is 2. The molecule has 1 aliphatic rings. The van der Waals surface area contributed by atoms with E-state index in [1.165, 1.54) is 41.2 Å². The summed E-state index contributed by atoms with van der Waals surface area (Å²) < 4.78 is 3.48. The third-order valence-electron chi connectivity index (χ3n) is 4.27. The first kappa shape index (κ1) is 13.2. The first-order valence-electron chi connectivity index (χ1n) is 7.08. The summed E-state index contributed by atoms with van der Waals surface area (Å²) in [6.07, 6.45) is 6.40. The van der Waals surface area contributed by atoms with E-state index in [0.29, 0.717) is 12.0 Å². The number of nitrogen functional groups attached to an aromatic ring is 1. The molecule has 2 unspecified atom stereocenters. The highest BCUT2D eigenvalue weighted by Crippen LogP contribution is 2.34. The lowest BCUT2D eigenvalue weighted by atomic mass is 10.0. The van der Waals surface area contributed by atoms with Gasteiger partial charge in [0.1, 0.15) is 0 Å². The van der Waals surface area contributed by atoms with Crippen LogP contribution in [-0.4, -0.2) is 9.55 Å². The van der Waals surface area contributed by atoms with Crippen LogP contribution in [0.2, 0.25) is 0 Å². The molecule has 1 saturated carbocycles. The molecule has 1 aliphatic carbocycles. The Bertz CT molecular complexity index is 590. The zero-order valence-electron chi connectivity index (χ0n) is 11.3. The van der Waals surface area contributed by atoms with Crippen molar-refractivity contribution >= 4 is 39.6 Å². The van der Waals surface area contributed by atoms with Crippen molar-refractivity contribution in [2.75, 3.05) is 5.73 Å². The van der Waals surface area contributed by atoms with Crippen LogP contribution in [0.4, 0.5) is 5.95 Å². The second-order valence-corrected chi connectivity index (χ2v) is 6.99. The number of halogens is 1. The maximum Gasteiger partial charge on any atom is 0.201 e. The maximum absolute atomic E-state index is 6.17. The topological polar surface area (TPSA) is 43.8 Å². The molecule has 1 aromatic carbocycles. The van der Waals surface area contributed by atoms with Crippen molar-refractivity contribution in [1.29, 1.82) is 0 Å². The van der Waals surface area contributed by atoms with Gasteiger partial charge in [0.25, 0.3) is 0 Å². The number of imidazole rings is 1. The minimum Gasteiger partial charge on any atom is -0.369 e. The van der Waals surface area contributed by atoms with Crippen LogP contribution in [0.25, 0.3) is 11.0 Å². The standard InChI is InChI=1S/C15H20IN3/c1-10-3-2-4-12(7-5-10)19-14-8-6-11(16)9-13(14)18-15(19)17/h6,8-10,12H,2-5,7H2,1H3,(H2,17,18). The average Bonchev–Trinajstić information content (AvgIpc) is 2.54. The van der Waals surface area contributed by atoms with E-state index in [-0.39, 0.29) is 0 Å². The van der Waals surface area contributed by atoms with Crippen LogP contribution in [0.15, 0.2) is 18.2 Å². The minimum absolute atomic E-state index is 0.523. The normalized spacial score (nSPS) is 24.5. The summed E-state index contributed by atoms with van der Waals surface area (Å²) >= 11 is 2.32. The molecule has 3 rings (SSSR count). The van der Waals surface area contributed by atoms with Crippen LogP contribution in [0.5, 0.6) is 0 Å². The van der Waals surface area contributed by atoms with Crippen molar-refractivity contribution in [1.82, 2.24) is 9.55 Å². The Hall–Kier alpha value is -0.780. The zero-order chi connectivity index (χ0) is 13.4. The van der Waals surface area contributed by atoms with Gasteiger partial charge in [0.05, 0.1) is 11.0 Å². The summed E-state index contributed by atoms with van der Waals surface area (Å²) in [6.45, 7) is 2.36. The zero-order valence-corrected chi connectivity index (χ0v) is 13.4. The Kier molecular flexibility index (Phi) is 3.69. The summed E-state index contributed by atoms with van der Waals surface area (Å²) in [4.78, 5) is 4.53. The lowest BCUT2D eigenvalue weighted by Crippen LogP contribution is -2.11. The van der Waals surface area contributed by atoms with E-state index in [9.17, 15) is 0 Å². The van der Waals surface area contributed by atoms with Crippen molar-refractivity contribution in [3.05, 3.63) is 21.8 Å². The molecule has 2 atom stereocenters. The lowest BCUT2D eigenvalue weighted by molar-refractivity contribution is 0.445. The number of fused-ring (bicyclic) bond motifs is 1. The van der Waals surface area contributed by atoms with Gasteiger partial charge < -0.3 is 10.3 Å². The van der Waals surface area contributed by atoms with E-state index < -0.39 is 0 Å². The third-order valence-corrected chi connectivity index (χ3v) is 4.94. The molecule has 19 heavy (non-hydrogen) atoms. The number of benzene rings is 1. The van der Waals surface area contributed by atoms with Gasteiger partial charge in [-0.3, -0.25) is 0 Å². The summed E-state index contributed by atoms with van der Waals surface area (Å²) in [6, 6.07) is 6.94. The Labute approximate surface area is 127 Å². The quantitative estimate of drug-likeness (QED) is 0.600. The molecule has 3 nitrogen and oxygen atoms in total. The number of hydrogen-bond acceptors (Lipinski definition) is 2. The Morgan fingerprint density at radius 1 is 1.26 bits per heavy atom. The molecule has 0 aliphatic heterocycles. The smallest absolute Gasteiger partial charge is 0.201 e. The van der Waals surface area contributed by atoms with Crippen LogP contribution in [0.3, 0.4) is 0 Å². The summed E-state index contributed by atoms with van der Waals surface area (Å²) in [7, 11) is 0. The first-order valence-corrected chi connectivity index (χ1v) is 8.16. The van der Waals surface area contributed by atoms with Crippen molar-refractivity contribution in [3.8, 4) is 0 Å². The molecule has 0 bridgehead atoms. The maximum atomic E-state index is 6.17. The van der Waals surface area contributed by atoms with Gasteiger partial charge in [0.2, 0.25) is 5.95 Å². The predicted molar refractivity (Wildman–Crippen MR) is 88.1 cm³/mol. The fraction of sp³-hybridized carbons (Fsp3) is 0.533. The molecule has 0 amide bonds. The van der Waals surface area contributed by atoms with Gasteiger partial charge >= 0.3 is 0 Å². The van der Waals surface area contributed by atoms with E-state index in [1.54, 1.807) is 0 Å². The Morgan fingerprint density at radius 3 is 2.95 bits per heavy atom. The van der Waals surface area contributed by atoms with Crippen LogP contribution in [0.1, 0.15) is 45.1 Å². The second-order valence-electron chi connectivity index (χ2n) is 5.74. The van der Waals surface area contributed by atoms with Crippen molar-refractivity contribution in [3.63, 3.8) is 0 Å². The van der Waals surface area contributed by atoms with E-state index in [1.807, 2.05) is 0 Å². The summed E-state index contributed by atoms with van der Waals surface area (Å²) in [5.41, 5.74) is 8.39. The van der Waals surface area contributed by atoms with Gasteiger partial charge in [-0.05, 0) is 66.0 Å². The highest BCUT2D eigenvalue weighted by molar-refractivity contribution is 14.1. The van der Waals surface area contributed by atoms with Crippen molar-refractivity contribution in [2.24, 2.45) is 5.92 Å². The molecule has 1 aromatic heterocycles. The van der Waals surface area contributed by atoms with E-state index >= 15 is 0 Å². The van der Waals surface area contributed by atoms with E-state index in [4.69, 9.17) is 5.73 Å². The molecular weight excluding hydrogens is 349 g/mol. The molecule has 1 fully saturated rings. The SMILES string of the molecule is CC1CCCC(n2c(N)nc3cc(I)ccc32)CC1. The van der Waals surface area contributed by atoms with Gasteiger partial charge in [-0.1, -0.05) is 19.8 Å². The highest BCUT2D eigenvalue weighted by atomic mass is 127. The van der Waals surface area contributed by atoms with Crippen LogP contribution in [0, 0.1) is 9.49 Å². The van der Waals surface area contributed by atoms with Gasteiger partial charge in [0.15, 0.2) is 0 Å². The van der Waals surface area contributed by atoms with Crippen molar-refractivity contribution < 1.29 is 0 Å². The van der Waals surface area contributed by atoms with Gasteiger partial charge in [-0.2, -0.15) is 0 Å². The summed E-state index contributed by atoms with van der Waals surface area (Å²) in [5, 5.41) is 0. The molecule has 4 heteroatoms. The molecule has 1 heterocycles. The van der Waals surface area contributed by atoms with Crippen LogP contribution in [-0.2, 0) is 0 Å². The van der Waals surface area contributed by atoms with Gasteiger partial charge in [-0.25, -0.2) is 4.98 Å². The first-order chi connectivity index (χ1) is 9.15. The molecular formula is C15H20IN3. The molecule has 2 aromatic rings. The largest absolute Gasteiger partial charge is 0.369 e. The molecule has 2 N–H and O–H groups in total. The van der Waals surface area contributed by atoms with E-state index in [0.717, 1.165) is 11.4 Å². The fourth-order valence-corrected chi connectivity index (χ4v) is 3.67. The Balaban J connectivity index is 2.01. The number of hydrogen-bond donors (Lipinski definition) is 1. The number of nitrogens with zero attached hydrogens (tertiary/aromatic N) is 2. The van der Waals surface area contributed by atoms with Crippen molar-refractivity contribution in [2.45, 2.75) is 45.1 Å². The van der Waals surface area contributed by atoms with Gasteiger partial charge in [0, 0.05) is 9.61 Å². The Morgan fingerprint density at radius 2 is 2.11 bits per heavy atom. The van der Waals surface area contributed by atoms with Gasteiger partial charge in [-0.15, -0.1) is 0 Å². The number of nitrogens with two attached hydrogens (primary N) is 1. The monoisotopic (exact) mass is 369 g/mol. The fourth-order valence-electron chi connectivity index (χ4n) is 3.20. The third kappa shape index (κ3) is 2.59. The minimum atomic E-state index is 0.523. The predicted octanol–water partition coefficient (Wildman–Crippen LogP) is 4.36. The summed E-state index contributed by atoms with van der Waals surface area (Å²) in [5.74, 6) is 1.53. The second kappa shape index (κ2) is 5.31. The molecule has 0 spiro atoms. The molecule has 0 saturated heterocycles. The molecule has 0 radical (unpaired) electrons. The van der Waals surface area contributed by atoms with E-state index in [2.05, 4.69) is 57.3 Å². The highest BCUT2D eigenvalue weighted by Gasteiger charge is 2.21. The average molecular weight is 369 g/mol.